The fourth-order valence-electron chi connectivity index (χ4n) is 2.67. The predicted octanol–water partition coefficient (Wildman–Crippen LogP) is 5.63. The summed E-state index contributed by atoms with van der Waals surface area (Å²) in [5, 5.41) is 3.49. The number of aryl methyl sites for hydroxylation is 1. The Labute approximate surface area is 148 Å². The third-order valence-corrected chi connectivity index (χ3v) is 4.35. The van der Waals surface area contributed by atoms with Gasteiger partial charge in [-0.25, -0.2) is 4.39 Å². The number of hydrogen-bond donors (Lipinski definition) is 1. The minimum absolute atomic E-state index is 0.234. The van der Waals surface area contributed by atoms with Gasteiger partial charge in [-0.1, -0.05) is 42.5 Å². The first-order chi connectivity index (χ1) is 12.1. The highest BCUT2D eigenvalue weighted by molar-refractivity contribution is 5.54. The molecule has 3 aromatic carbocycles. The summed E-state index contributed by atoms with van der Waals surface area (Å²) in [6.45, 7) is 5.33. The summed E-state index contributed by atoms with van der Waals surface area (Å²) in [5.74, 6) is 0.603. The fraction of sp³-hybridized carbons (Fsp3) is 0.182. The van der Waals surface area contributed by atoms with Crippen LogP contribution in [-0.2, 0) is 13.2 Å². The highest BCUT2D eigenvalue weighted by Gasteiger charge is 2.05. The van der Waals surface area contributed by atoms with Crippen molar-refractivity contribution >= 4 is 5.69 Å². The number of anilines is 1. The normalized spacial score (nSPS) is 10.5. The van der Waals surface area contributed by atoms with Crippen LogP contribution in [-0.4, -0.2) is 0 Å². The Morgan fingerprint density at radius 1 is 0.880 bits per heavy atom. The molecule has 0 fully saturated rings. The first-order valence-electron chi connectivity index (χ1n) is 8.39. The molecule has 1 N–H and O–H groups in total. The summed E-state index contributed by atoms with van der Waals surface area (Å²) in [6.07, 6.45) is 0. The number of rotatable bonds is 6. The smallest absolute Gasteiger partial charge is 0.124 e. The van der Waals surface area contributed by atoms with Gasteiger partial charge in [0, 0.05) is 17.8 Å². The largest absolute Gasteiger partial charge is 0.489 e. The average Bonchev–Trinajstić information content (AvgIpc) is 2.63. The van der Waals surface area contributed by atoms with Crippen LogP contribution in [0.15, 0.2) is 66.7 Å². The molecule has 0 atom stereocenters. The summed E-state index contributed by atoms with van der Waals surface area (Å²) in [5.41, 5.74) is 5.69. The van der Waals surface area contributed by atoms with Crippen LogP contribution in [0.5, 0.6) is 5.75 Å². The molecular formula is C22H22FNO. The lowest BCUT2D eigenvalue weighted by Crippen LogP contribution is -2.05. The molecule has 0 spiro atoms. The van der Waals surface area contributed by atoms with Crippen molar-refractivity contribution in [3.63, 3.8) is 0 Å². The van der Waals surface area contributed by atoms with E-state index in [0.717, 1.165) is 22.6 Å². The molecule has 0 aromatic heterocycles. The van der Waals surface area contributed by atoms with Gasteiger partial charge in [-0.15, -0.1) is 0 Å². The van der Waals surface area contributed by atoms with E-state index < -0.39 is 0 Å². The van der Waals surface area contributed by atoms with Gasteiger partial charge in [-0.05, 0) is 54.8 Å². The number of nitrogens with one attached hydrogen (secondary N) is 1. The van der Waals surface area contributed by atoms with E-state index >= 15 is 0 Å². The standard InChI is InChI=1S/C22H22FNO/c1-16-6-5-8-21(17(16)2)24-14-19-7-3-4-9-22(19)25-15-18-10-12-20(23)13-11-18/h3-13,24H,14-15H2,1-2H3. The third kappa shape index (κ3) is 4.38. The molecular weight excluding hydrogens is 313 g/mol. The minimum atomic E-state index is -0.234. The van der Waals surface area contributed by atoms with Gasteiger partial charge in [0.05, 0.1) is 0 Å². The zero-order valence-electron chi connectivity index (χ0n) is 14.6. The number of ether oxygens (including phenoxy) is 1. The highest BCUT2D eigenvalue weighted by Crippen LogP contribution is 2.23. The maximum Gasteiger partial charge on any atom is 0.124 e. The molecule has 0 radical (unpaired) electrons. The lowest BCUT2D eigenvalue weighted by molar-refractivity contribution is 0.303. The highest BCUT2D eigenvalue weighted by atomic mass is 19.1. The van der Waals surface area contributed by atoms with Crippen LogP contribution in [0.2, 0.25) is 0 Å². The van der Waals surface area contributed by atoms with Crippen molar-refractivity contribution in [2.75, 3.05) is 5.32 Å². The third-order valence-electron chi connectivity index (χ3n) is 4.35. The molecule has 0 heterocycles. The van der Waals surface area contributed by atoms with Gasteiger partial charge in [0.25, 0.3) is 0 Å². The molecule has 25 heavy (non-hydrogen) atoms. The van der Waals surface area contributed by atoms with Crippen molar-refractivity contribution in [3.8, 4) is 5.75 Å². The molecule has 0 aliphatic rings. The fourth-order valence-corrected chi connectivity index (χ4v) is 2.67. The lowest BCUT2D eigenvalue weighted by Gasteiger charge is -2.15. The number of halogens is 1. The molecule has 3 rings (SSSR count). The van der Waals surface area contributed by atoms with E-state index in [4.69, 9.17) is 4.74 Å². The predicted molar refractivity (Wildman–Crippen MR) is 100 cm³/mol. The summed E-state index contributed by atoms with van der Waals surface area (Å²) < 4.78 is 18.9. The Bertz CT molecular complexity index is 843. The van der Waals surface area contributed by atoms with Crippen molar-refractivity contribution in [2.24, 2.45) is 0 Å². The summed E-state index contributed by atoms with van der Waals surface area (Å²) >= 11 is 0. The van der Waals surface area contributed by atoms with E-state index in [1.54, 1.807) is 12.1 Å². The number of para-hydroxylation sites is 1. The molecule has 0 aliphatic carbocycles. The van der Waals surface area contributed by atoms with E-state index in [-0.39, 0.29) is 5.82 Å². The molecule has 2 nitrogen and oxygen atoms in total. The summed E-state index contributed by atoms with van der Waals surface area (Å²) in [6, 6.07) is 20.6. The van der Waals surface area contributed by atoms with Crippen LogP contribution in [0.25, 0.3) is 0 Å². The molecule has 0 amide bonds. The Morgan fingerprint density at radius 2 is 1.64 bits per heavy atom. The van der Waals surface area contributed by atoms with Gasteiger partial charge in [-0.2, -0.15) is 0 Å². The van der Waals surface area contributed by atoms with Gasteiger partial charge >= 0.3 is 0 Å². The topological polar surface area (TPSA) is 21.3 Å². The van der Waals surface area contributed by atoms with Gasteiger partial charge in [0.1, 0.15) is 18.2 Å². The number of hydrogen-bond acceptors (Lipinski definition) is 2. The van der Waals surface area contributed by atoms with Crippen molar-refractivity contribution in [3.05, 3.63) is 94.8 Å². The quantitative estimate of drug-likeness (QED) is 0.630. The van der Waals surface area contributed by atoms with Crippen LogP contribution >= 0.6 is 0 Å². The van der Waals surface area contributed by atoms with Crippen LogP contribution in [0, 0.1) is 19.7 Å². The molecule has 0 saturated carbocycles. The van der Waals surface area contributed by atoms with E-state index in [2.05, 4.69) is 43.4 Å². The molecule has 0 unspecified atom stereocenters. The molecule has 0 aliphatic heterocycles. The van der Waals surface area contributed by atoms with E-state index in [9.17, 15) is 4.39 Å². The van der Waals surface area contributed by atoms with Crippen LogP contribution in [0.4, 0.5) is 10.1 Å². The van der Waals surface area contributed by atoms with Crippen LogP contribution < -0.4 is 10.1 Å². The summed E-state index contributed by atoms with van der Waals surface area (Å²) in [7, 11) is 0. The Balaban J connectivity index is 1.68. The lowest BCUT2D eigenvalue weighted by atomic mass is 10.1. The van der Waals surface area contributed by atoms with Crippen molar-refractivity contribution in [1.82, 2.24) is 0 Å². The maximum absolute atomic E-state index is 13.0. The van der Waals surface area contributed by atoms with Gasteiger partial charge in [0.2, 0.25) is 0 Å². The monoisotopic (exact) mass is 335 g/mol. The van der Waals surface area contributed by atoms with Crippen LogP contribution in [0.1, 0.15) is 22.3 Å². The van der Waals surface area contributed by atoms with Crippen LogP contribution in [0.3, 0.4) is 0 Å². The molecule has 0 saturated heterocycles. The SMILES string of the molecule is Cc1cccc(NCc2ccccc2OCc2ccc(F)cc2)c1C. The maximum atomic E-state index is 13.0. The van der Waals surface area contributed by atoms with E-state index in [0.29, 0.717) is 13.2 Å². The molecule has 3 aromatic rings. The first-order valence-corrected chi connectivity index (χ1v) is 8.39. The summed E-state index contributed by atoms with van der Waals surface area (Å²) in [4.78, 5) is 0. The molecule has 128 valence electrons. The van der Waals surface area contributed by atoms with E-state index in [1.165, 1.54) is 23.3 Å². The van der Waals surface area contributed by atoms with Crippen molar-refractivity contribution in [1.29, 1.82) is 0 Å². The Kier molecular flexibility index (Phi) is 5.34. The van der Waals surface area contributed by atoms with Crippen molar-refractivity contribution in [2.45, 2.75) is 27.0 Å². The zero-order valence-corrected chi connectivity index (χ0v) is 14.6. The van der Waals surface area contributed by atoms with Gasteiger partial charge < -0.3 is 10.1 Å². The Morgan fingerprint density at radius 3 is 2.44 bits per heavy atom. The van der Waals surface area contributed by atoms with Gasteiger partial charge in [0.15, 0.2) is 0 Å². The number of benzene rings is 3. The second kappa shape index (κ2) is 7.84. The van der Waals surface area contributed by atoms with Gasteiger partial charge in [-0.3, -0.25) is 0 Å². The Hall–Kier alpha value is -2.81. The molecule has 3 heteroatoms. The average molecular weight is 335 g/mol. The minimum Gasteiger partial charge on any atom is -0.489 e. The second-order valence-corrected chi connectivity index (χ2v) is 6.12. The van der Waals surface area contributed by atoms with E-state index in [1.807, 2.05) is 18.2 Å². The zero-order chi connectivity index (χ0) is 17.6. The van der Waals surface area contributed by atoms with Crippen molar-refractivity contribution < 1.29 is 9.13 Å². The molecule has 0 bridgehead atoms. The first kappa shape index (κ1) is 17.0. The second-order valence-electron chi connectivity index (χ2n) is 6.12.